The van der Waals surface area contributed by atoms with Crippen molar-refractivity contribution in [1.29, 1.82) is 0 Å². The van der Waals surface area contributed by atoms with Gasteiger partial charge < -0.3 is 0 Å². The molecular weight excluding hydrogens is 535 g/mol. The van der Waals surface area contributed by atoms with Crippen LogP contribution in [0.15, 0.2) is 106 Å². The van der Waals surface area contributed by atoms with E-state index < -0.39 is 49.0 Å². The van der Waals surface area contributed by atoms with Crippen molar-refractivity contribution in [3.05, 3.63) is 91.0 Å². The molecule has 0 aromatic heterocycles. The third kappa shape index (κ3) is 5.78. The summed E-state index contributed by atoms with van der Waals surface area (Å²) in [6.07, 6.45) is 0.236. The summed E-state index contributed by atoms with van der Waals surface area (Å²) in [5, 5.41) is 0. The number of sulfonamides is 1. The van der Waals surface area contributed by atoms with Crippen LogP contribution in [0.1, 0.15) is 13.3 Å². The van der Waals surface area contributed by atoms with Crippen LogP contribution in [0.3, 0.4) is 0 Å². The summed E-state index contributed by atoms with van der Waals surface area (Å²) in [7, 11) is -13.3. The lowest BCUT2D eigenvalue weighted by Crippen LogP contribution is -2.44. The molecule has 0 unspecified atom stereocenters. The van der Waals surface area contributed by atoms with Crippen molar-refractivity contribution in [3.63, 3.8) is 0 Å². The molecule has 0 atom stereocenters. The molecule has 0 heterocycles. The molecule has 6 nitrogen and oxygen atoms in total. The average molecular weight is 562 g/mol. The number of nitrogens with zero attached hydrogens (tertiary/aromatic N) is 1. The Morgan fingerprint density at radius 3 is 1.44 bits per heavy atom. The highest BCUT2D eigenvalue weighted by molar-refractivity contribution is 8.36. The third-order valence-corrected chi connectivity index (χ3v) is 12.8. The van der Waals surface area contributed by atoms with Crippen molar-refractivity contribution in [2.24, 2.45) is 0 Å². The minimum atomic E-state index is -5.98. The van der Waals surface area contributed by atoms with Gasteiger partial charge in [-0.2, -0.15) is 21.6 Å². The Morgan fingerprint density at radius 1 is 0.722 bits per heavy atom. The highest BCUT2D eigenvalue weighted by Crippen LogP contribution is 2.72. The molecule has 0 saturated carbocycles. The van der Waals surface area contributed by atoms with Crippen LogP contribution >= 0.6 is 10.2 Å². The van der Waals surface area contributed by atoms with Crippen LogP contribution < -0.4 is 0 Å². The van der Waals surface area contributed by atoms with Gasteiger partial charge in [0.1, 0.15) is 0 Å². The van der Waals surface area contributed by atoms with Crippen molar-refractivity contribution < 1.29 is 34.2 Å². The second kappa shape index (κ2) is 11.3. The van der Waals surface area contributed by atoms with E-state index in [9.17, 15) is 30.0 Å². The molecule has 0 N–H and O–H groups in total. The van der Waals surface area contributed by atoms with E-state index >= 15 is 0 Å². The van der Waals surface area contributed by atoms with Crippen molar-refractivity contribution in [1.82, 2.24) is 3.71 Å². The molecule has 0 aliphatic rings. The number of halogens is 3. The Morgan fingerprint density at radius 2 is 1.11 bits per heavy atom. The number of benzene rings is 3. The molecule has 3 aromatic rings. The van der Waals surface area contributed by atoms with E-state index in [-0.39, 0.29) is 12.2 Å². The summed E-state index contributed by atoms with van der Waals surface area (Å²) in [6.45, 7) is -0.0194. The fourth-order valence-electron chi connectivity index (χ4n) is 3.68. The zero-order valence-electron chi connectivity index (χ0n) is 19.3. The zero-order chi connectivity index (χ0) is 26.5. The summed E-state index contributed by atoms with van der Waals surface area (Å²) < 4.78 is 98.5. The Kier molecular flexibility index (Phi) is 8.88. The maximum absolute atomic E-state index is 14.2. The molecule has 3 aromatic carbocycles. The molecule has 0 bridgehead atoms. The Labute approximate surface area is 211 Å². The van der Waals surface area contributed by atoms with Gasteiger partial charge >= 0.3 is 15.5 Å². The molecule has 36 heavy (non-hydrogen) atoms. The van der Waals surface area contributed by atoms with Gasteiger partial charge in [0.25, 0.3) is 10.1 Å². The topological polar surface area (TPSA) is 80.8 Å². The van der Waals surface area contributed by atoms with E-state index in [1.807, 2.05) is 0 Å². The van der Waals surface area contributed by atoms with E-state index in [0.717, 1.165) is 0 Å². The lowest BCUT2D eigenvalue weighted by Gasteiger charge is -2.48. The fraction of sp³-hybridized carbons (Fsp3) is 0.250. The highest BCUT2D eigenvalue weighted by atomic mass is 32.3. The van der Waals surface area contributed by atoms with Crippen LogP contribution in [-0.4, -0.2) is 45.0 Å². The number of hydrogen-bond donors (Lipinski definition) is 0. The summed E-state index contributed by atoms with van der Waals surface area (Å²) in [6, 6.07) is 24.1. The quantitative estimate of drug-likeness (QED) is 0.277. The first-order valence-corrected chi connectivity index (χ1v) is 15.5. The van der Waals surface area contributed by atoms with E-state index in [1.54, 1.807) is 97.9 Å². The smallest absolute Gasteiger partial charge is 0.269 e. The summed E-state index contributed by atoms with van der Waals surface area (Å²) in [5.74, 6) is -0.340. The standard InChI is InChI=1S/C24H26F3NO5S3/c1-2-20-34(29,30)33-19-18-28(36(31,32)24(25,26)27)35(21-12-6-3-7-13-21,22-14-8-4-9-15-22)23-16-10-5-11-17-23/h3-17H,2,18-20H2,1H3. The first-order valence-electron chi connectivity index (χ1n) is 10.9. The Balaban J connectivity index is 2.36. The van der Waals surface area contributed by atoms with Gasteiger partial charge in [-0.1, -0.05) is 71.7 Å². The summed E-state index contributed by atoms with van der Waals surface area (Å²) in [5.41, 5.74) is -5.65. The third-order valence-electron chi connectivity index (χ3n) is 5.11. The predicted molar refractivity (Wildman–Crippen MR) is 133 cm³/mol. The normalized spacial score (nSPS) is 13.6. The maximum Gasteiger partial charge on any atom is 0.512 e. The Bertz CT molecular complexity index is 1240. The van der Waals surface area contributed by atoms with Crippen LogP contribution in [0.2, 0.25) is 0 Å². The highest BCUT2D eigenvalue weighted by Gasteiger charge is 2.56. The van der Waals surface area contributed by atoms with Crippen LogP contribution in [-0.2, 0) is 24.3 Å². The van der Waals surface area contributed by atoms with Crippen LogP contribution in [0.4, 0.5) is 13.2 Å². The molecule has 12 heteroatoms. The molecule has 0 fully saturated rings. The molecule has 0 spiro atoms. The second-order valence-corrected chi connectivity index (χ2v) is 14.4. The summed E-state index contributed by atoms with van der Waals surface area (Å²) >= 11 is 0. The van der Waals surface area contributed by atoms with E-state index in [0.29, 0.717) is 18.4 Å². The monoisotopic (exact) mass is 561 g/mol. The van der Waals surface area contributed by atoms with Crippen molar-refractivity contribution in [2.45, 2.75) is 33.5 Å². The van der Waals surface area contributed by atoms with Gasteiger partial charge in [-0.15, -0.1) is 3.71 Å². The minimum Gasteiger partial charge on any atom is -0.269 e. The Hall–Kier alpha value is -2.38. The van der Waals surface area contributed by atoms with Gasteiger partial charge in [0.2, 0.25) is 0 Å². The molecule has 0 saturated heterocycles. The molecule has 3 rings (SSSR count). The van der Waals surface area contributed by atoms with Gasteiger partial charge in [0, 0.05) is 21.2 Å². The van der Waals surface area contributed by atoms with Gasteiger partial charge in [0.15, 0.2) is 0 Å². The number of alkyl halides is 3. The van der Waals surface area contributed by atoms with Crippen LogP contribution in [0.25, 0.3) is 0 Å². The second-order valence-electron chi connectivity index (χ2n) is 7.58. The largest absolute Gasteiger partial charge is 0.512 e. The molecule has 196 valence electrons. The first-order chi connectivity index (χ1) is 17.0. The van der Waals surface area contributed by atoms with Gasteiger partial charge in [-0.05, 0) is 42.8 Å². The van der Waals surface area contributed by atoms with E-state index in [4.69, 9.17) is 4.18 Å². The van der Waals surface area contributed by atoms with Crippen LogP contribution in [0.5, 0.6) is 0 Å². The van der Waals surface area contributed by atoms with E-state index in [1.165, 1.54) is 0 Å². The maximum atomic E-state index is 14.2. The minimum absolute atomic E-state index is 0.236. The lowest BCUT2D eigenvalue weighted by molar-refractivity contribution is -0.0469. The predicted octanol–water partition coefficient (Wildman–Crippen LogP) is 5.79. The molecule has 0 aliphatic heterocycles. The van der Waals surface area contributed by atoms with Crippen LogP contribution in [0, 0.1) is 0 Å². The van der Waals surface area contributed by atoms with Gasteiger partial charge in [-0.25, -0.2) is 8.42 Å². The van der Waals surface area contributed by atoms with E-state index in [2.05, 4.69) is 0 Å². The SMILES string of the molecule is CCCS(=O)(=O)OCCN(S(c1ccccc1)(c1ccccc1)c1ccccc1)S(=O)(=O)C(F)(F)F. The first kappa shape index (κ1) is 28.2. The number of rotatable bonds is 11. The van der Waals surface area contributed by atoms with Crippen molar-refractivity contribution >= 4 is 30.4 Å². The molecule has 0 radical (unpaired) electrons. The van der Waals surface area contributed by atoms with Gasteiger partial charge in [0.05, 0.1) is 12.4 Å². The molecular formula is C24H26F3NO5S3. The van der Waals surface area contributed by atoms with Gasteiger partial charge in [-0.3, -0.25) is 4.18 Å². The van der Waals surface area contributed by atoms with Crippen molar-refractivity contribution in [3.8, 4) is 0 Å². The zero-order valence-corrected chi connectivity index (χ0v) is 21.8. The van der Waals surface area contributed by atoms with Crippen molar-refractivity contribution in [2.75, 3.05) is 18.9 Å². The number of hydrogen-bond acceptors (Lipinski definition) is 5. The average Bonchev–Trinajstić information content (AvgIpc) is 2.84. The lowest BCUT2D eigenvalue weighted by atomic mass is 10.4. The summed E-state index contributed by atoms with van der Waals surface area (Å²) in [4.78, 5) is 0.977. The fourth-order valence-corrected chi connectivity index (χ4v) is 10.9. The molecule has 0 aliphatic carbocycles. The molecule has 0 amide bonds.